The molecule has 0 aromatic rings. The van der Waals surface area contributed by atoms with Crippen LogP contribution in [0.2, 0.25) is 0 Å². The van der Waals surface area contributed by atoms with Gasteiger partial charge in [-0.2, -0.15) is 26.3 Å². The highest BCUT2D eigenvalue weighted by atomic mass is 19.4. The summed E-state index contributed by atoms with van der Waals surface area (Å²) in [5, 5.41) is 5.76. The molecule has 31 heteroatoms. The Labute approximate surface area is 632 Å². The summed E-state index contributed by atoms with van der Waals surface area (Å²) in [4.78, 5) is 196. The van der Waals surface area contributed by atoms with Gasteiger partial charge in [0, 0.05) is 83.1 Å². The summed E-state index contributed by atoms with van der Waals surface area (Å²) in [5.74, 6) is -13.7. The van der Waals surface area contributed by atoms with E-state index in [1.165, 1.54) is 108 Å². The van der Waals surface area contributed by atoms with Gasteiger partial charge in [-0.1, -0.05) is 65.5 Å². The molecular formula is C77H120F6N12O13. The zero-order valence-electron chi connectivity index (χ0n) is 65.7. The number of nitrogens with one attached hydrogen (secondary N) is 2. The van der Waals surface area contributed by atoms with Crippen LogP contribution in [-0.4, -0.2) is 288 Å². The van der Waals surface area contributed by atoms with Crippen LogP contribution in [-0.2, 0) is 62.3 Å². The minimum atomic E-state index is -4.55. The molecule has 0 radical (unpaired) electrons. The normalized spacial score (nSPS) is 32.5. The number of fused-ring (bicyclic) bond motifs is 4. The molecule has 0 aromatic heterocycles. The van der Waals surface area contributed by atoms with Crippen molar-refractivity contribution in [3.63, 3.8) is 0 Å². The van der Waals surface area contributed by atoms with E-state index in [1.54, 1.807) is 19.1 Å². The largest absolute Gasteiger partial charge is 0.394 e. The Hall–Kier alpha value is -7.08. The van der Waals surface area contributed by atoms with Crippen molar-refractivity contribution in [1.82, 2.24) is 59.6 Å². The van der Waals surface area contributed by atoms with Crippen molar-refractivity contribution in [3.05, 3.63) is 12.2 Å². The van der Waals surface area contributed by atoms with E-state index < -0.39 is 198 Å². The molecule has 14 atom stereocenters. The first-order valence-electron chi connectivity index (χ1n) is 39.5. The Morgan fingerprint density at radius 1 is 0.630 bits per heavy atom. The quantitative estimate of drug-likeness (QED) is 0.148. The van der Waals surface area contributed by atoms with E-state index in [4.69, 9.17) is 4.74 Å². The molecule has 608 valence electrons. The maximum Gasteiger partial charge on any atom is 0.394 e. The highest BCUT2D eigenvalue weighted by Crippen LogP contribution is 2.46. The number of methoxy groups -OCH3 is 1. The standard InChI is InChI=1S/C77H120F6N12O13/c1-14-23-54-65(98)85-63(47(4)15-2)72(105)93-39-21-27-56(93)69(102)89(9)55-26-17-16-20-38-94(71(55)104)59(41-48-28-32-51(33-29-48)76(78,79)80)68(101)87(7)45-61(96)84-53(35-31-49-30-34-52(77(81,82)83)60(42-49)108-13)66(99)95-44-46(3)40-58(95)70(103)92(12)75(36-22-37-75)74(107)91(11)64(50-24-18-19-25-50)73(106)90(10)57(67(100)86(5)6)43-62(97)88(54)8/h16-17,46-60,63-64H,14-15,18-45H2,1-13H3,(H,84,96)(H,85,98)/b17-16-/t46-,47-,48?,49?,51?,52?,53-,54-,55-,56-,57-,58-,59-,60?,63-,64-/m0/s1. The van der Waals surface area contributed by atoms with Crippen LogP contribution >= 0.6 is 0 Å². The predicted molar refractivity (Wildman–Crippen MR) is 388 cm³/mol. The lowest BCUT2D eigenvalue weighted by molar-refractivity contribution is -0.215. The minimum absolute atomic E-state index is 0.00242. The Bertz CT molecular complexity index is 3270. The average molecular weight is 1540 g/mol. The molecule has 8 aliphatic rings. The number of nitrogens with zero attached hydrogens (tertiary/aromatic N) is 10. The van der Waals surface area contributed by atoms with Gasteiger partial charge in [0.25, 0.3) is 0 Å². The van der Waals surface area contributed by atoms with Gasteiger partial charge in [-0.25, -0.2) is 0 Å². The molecule has 4 saturated carbocycles. The number of hydrogen-bond acceptors (Lipinski definition) is 13. The fourth-order valence-corrected chi connectivity index (χ4v) is 18.4. The molecule has 4 aliphatic carbocycles. The third-order valence-corrected chi connectivity index (χ3v) is 25.6. The Kier molecular flexibility index (Phi) is 29.5. The van der Waals surface area contributed by atoms with E-state index in [-0.39, 0.29) is 135 Å². The molecule has 0 aromatic carbocycles. The van der Waals surface area contributed by atoms with E-state index >= 15 is 38.4 Å². The van der Waals surface area contributed by atoms with Crippen LogP contribution in [0.15, 0.2) is 12.2 Å². The zero-order chi connectivity index (χ0) is 79.8. The molecule has 4 aliphatic heterocycles. The van der Waals surface area contributed by atoms with Gasteiger partial charge in [0.15, 0.2) is 0 Å². The van der Waals surface area contributed by atoms with Crippen LogP contribution in [0.25, 0.3) is 0 Å². The van der Waals surface area contributed by atoms with Crippen molar-refractivity contribution < 1.29 is 88.6 Å². The number of rotatable bonds is 12. The SMILES string of the molecule is CCC[C@H]1C(=O)N[C@@H]([C@@H](C)CC)C(=O)N2CCC[C@H]2C(=O)N(C)[C@H]2C/C=C\CCN(C2=O)[C@@H](CC2CCC(C(F)(F)F)CC2)C(=O)N(C)CC(=O)N[C@@H](CCC2CCC(C(F)(F)F)C(OC)C2)C(=O)N2C[C@@H](C)C[C@H]2C(=O)N(C)C2(CCC2)C(=O)N(C)[C@@H](C2CCCC2)C(=O)N(C)[C@H](C(=O)N(C)C)CC(=O)N1C. The monoisotopic (exact) mass is 1530 g/mol. The first kappa shape index (κ1) is 86.5. The number of amides is 12. The van der Waals surface area contributed by atoms with Gasteiger partial charge in [-0.05, 0) is 164 Å². The van der Waals surface area contributed by atoms with E-state index in [0.717, 1.165) is 17.7 Å². The zero-order valence-corrected chi connectivity index (χ0v) is 65.7. The summed E-state index contributed by atoms with van der Waals surface area (Å²) in [7, 11) is 12.6. The molecule has 3 unspecified atom stereocenters. The molecule has 2 N–H and O–H groups in total. The molecule has 3 saturated heterocycles. The van der Waals surface area contributed by atoms with Gasteiger partial charge in [0.2, 0.25) is 70.9 Å². The van der Waals surface area contributed by atoms with Crippen LogP contribution in [0, 0.1) is 41.4 Å². The lowest BCUT2D eigenvalue weighted by atomic mass is 9.73. The number of carbonyl (C=O) groups excluding carboxylic acids is 12. The van der Waals surface area contributed by atoms with Crippen LogP contribution in [0.1, 0.15) is 195 Å². The van der Waals surface area contributed by atoms with Gasteiger partial charge in [-0.3, -0.25) is 57.5 Å². The molecule has 4 heterocycles. The van der Waals surface area contributed by atoms with Crippen LogP contribution in [0.5, 0.6) is 0 Å². The highest BCUT2D eigenvalue weighted by Gasteiger charge is 2.57. The fraction of sp³-hybridized carbons (Fsp3) is 0.818. The Morgan fingerprint density at radius 2 is 1.29 bits per heavy atom. The maximum absolute atomic E-state index is 15.7. The van der Waals surface area contributed by atoms with E-state index in [9.17, 15) is 45.5 Å². The van der Waals surface area contributed by atoms with Crippen LogP contribution in [0.4, 0.5) is 26.3 Å². The maximum atomic E-state index is 15.7. The first-order valence-corrected chi connectivity index (χ1v) is 39.5. The average Bonchev–Trinajstić information content (AvgIpc) is 1.27. The number of hydrogen-bond donors (Lipinski definition) is 2. The van der Waals surface area contributed by atoms with Crippen LogP contribution < -0.4 is 10.6 Å². The topological polar surface area (TPSA) is 271 Å². The third-order valence-electron chi connectivity index (χ3n) is 25.6. The van der Waals surface area contributed by atoms with Crippen molar-refractivity contribution in [2.75, 3.05) is 89.7 Å². The number of halogens is 6. The van der Waals surface area contributed by atoms with Gasteiger partial charge in [-0.15, -0.1) is 0 Å². The Morgan fingerprint density at radius 3 is 1.88 bits per heavy atom. The summed E-state index contributed by atoms with van der Waals surface area (Å²) in [6, 6.07) is -11.6. The van der Waals surface area contributed by atoms with Crippen molar-refractivity contribution in [2.45, 2.75) is 273 Å². The second-order valence-electron chi connectivity index (χ2n) is 32.8. The first-order chi connectivity index (χ1) is 50.8. The molecule has 12 amide bonds. The van der Waals surface area contributed by atoms with Gasteiger partial charge < -0.3 is 64.4 Å². The number of carbonyl (C=O) groups is 12. The summed E-state index contributed by atoms with van der Waals surface area (Å²) in [5.41, 5.74) is -1.54. The lowest BCUT2D eigenvalue weighted by Crippen LogP contribution is -2.68. The summed E-state index contributed by atoms with van der Waals surface area (Å²) in [6.07, 6.45) is -3.05. The number of likely N-dealkylation sites (N-methyl/N-ethyl adjacent to an activating group) is 7. The highest BCUT2D eigenvalue weighted by molar-refractivity contribution is 6.01. The molecule has 8 rings (SSSR count). The third kappa shape index (κ3) is 19.4. The fourth-order valence-electron chi connectivity index (χ4n) is 18.4. The van der Waals surface area contributed by atoms with Gasteiger partial charge in [0.1, 0.15) is 59.9 Å². The van der Waals surface area contributed by atoms with E-state index in [2.05, 4.69) is 10.6 Å². The molecule has 108 heavy (non-hydrogen) atoms. The minimum Gasteiger partial charge on any atom is -0.381 e. The van der Waals surface area contributed by atoms with Crippen molar-refractivity contribution in [2.24, 2.45) is 41.4 Å². The second-order valence-corrected chi connectivity index (χ2v) is 32.8. The molecular weight excluding hydrogens is 1410 g/mol. The smallest absolute Gasteiger partial charge is 0.381 e. The lowest BCUT2D eigenvalue weighted by Gasteiger charge is -2.51. The molecule has 1 spiro atoms. The number of alkyl halides is 6. The van der Waals surface area contributed by atoms with Crippen molar-refractivity contribution in [1.29, 1.82) is 0 Å². The second kappa shape index (κ2) is 36.8. The molecule has 7 fully saturated rings. The molecule has 25 nitrogen and oxygen atoms in total. The van der Waals surface area contributed by atoms with Crippen LogP contribution in [0.3, 0.4) is 0 Å². The van der Waals surface area contributed by atoms with E-state index in [0.29, 0.717) is 38.5 Å². The summed E-state index contributed by atoms with van der Waals surface area (Å²) in [6.45, 7) is 6.48. The molecule has 2 bridgehead atoms. The summed E-state index contributed by atoms with van der Waals surface area (Å²) >= 11 is 0. The summed E-state index contributed by atoms with van der Waals surface area (Å²) < 4.78 is 90.9. The Balaban J connectivity index is 1.21. The van der Waals surface area contributed by atoms with Crippen molar-refractivity contribution in [3.8, 4) is 0 Å². The number of ether oxygens (including phenoxy) is 1. The van der Waals surface area contributed by atoms with Gasteiger partial charge >= 0.3 is 12.4 Å². The van der Waals surface area contributed by atoms with Crippen molar-refractivity contribution >= 4 is 70.9 Å². The van der Waals surface area contributed by atoms with E-state index in [1.807, 2.05) is 20.8 Å². The predicted octanol–water partition coefficient (Wildman–Crippen LogP) is 6.94. The van der Waals surface area contributed by atoms with Gasteiger partial charge in [0.05, 0.1) is 30.9 Å².